The summed E-state index contributed by atoms with van der Waals surface area (Å²) in [7, 11) is 0. The lowest BCUT2D eigenvalue weighted by Gasteiger charge is -2.15. The van der Waals surface area contributed by atoms with E-state index in [4.69, 9.17) is 19.9 Å². The summed E-state index contributed by atoms with van der Waals surface area (Å²) >= 11 is 0. The molecule has 24 rings (SSSR count). The van der Waals surface area contributed by atoms with Crippen LogP contribution < -0.4 is 0 Å². The summed E-state index contributed by atoms with van der Waals surface area (Å²) < 4.78 is 9.28. The summed E-state index contributed by atoms with van der Waals surface area (Å²) in [5, 5.41) is 28.0. The smallest absolute Gasteiger partial charge is 0.235 e. The average molecular weight is 1630 g/mol. The van der Waals surface area contributed by atoms with Gasteiger partial charge in [0.05, 0.1) is 90.2 Å². The van der Waals surface area contributed by atoms with Crippen LogP contribution in [0.3, 0.4) is 0 Å². The lowest BCUT2D eigenvalue weighted by atomic mass is 9.93. The molecule has 0 fully saturated rings. The second-order valence-electron chi connectivity index (χ2n) is 32.7. The Kier molecular flexibility index (Phi) is 17.8. The molecule has 0 atom stereocenters. The van der Waals surface area contributed by atoms with E-state index in [1.807, 2.05) is 60.7 Å². The van der Waals surface area contributed by atoms with Gasteiger partial charge < -0.3 is 9.13 Å². The van der Waals surface area contributed by atoms with Gasteiger partial charge in [-0.25, -0.2) is 19.9 Å². The Morgan fingerprint density at radius 2 is 0.383 bits per heavy atom. The van der Waals surface area contributed by atoms with Crippen molar-refractivity contribution in [2.75, 3.05) is 0 Å². The van der Waals surface area contributed by atoms with Gasteiger partial charge in [0.25, 0.3) is 0 Å². The van der Waals surface area contributed by atoms with Gasteiger partial charge in [0, 0.05) is 76.7 Å². The molecule has 0 saturated carbocycles. The second kappa shape index (κ2) is 30.7. The lowest BCUT2D eigenvalue weighted by Crippen LogP contribution is -2.04. The van der Waals surface area contributed by atoms with Gasteiger partial charge in [0.15, 0.2) is 0 Å². The van der Waals surface area contributed by atoms with Crippen molar-refractivity contribution in [3.8, 4) is 158 Å². The van der Waals surface area contributed by atoms with E-state index in [2.05, 4.69) is 407 Å². The normalized spacial score (nSPS) is 11.6. The van der Waals surface area contributed by atoms with E-state index in [1.165, 1.54) is 21.5 Å². The Bertz CT molecular complexity index is 8180. The average Bonchev–Trinajstić information content (AvgIpc) is 1.59. The third kappa shape index (κ3) is 12.9. The van der Waals surface area contributed by atoms with Crippen molar-refractivity contribution < 1.29 is 0 Å². The van der Waals surface area contributed by atoms with Gasteiger partial charge in [-0.3, -0.25) is 9.13 Å². The molecule has 0 bridgehead atoms. The third-order valence-corrected chi connectivity index (χ3v) is 25.3. The maximum absolute atomic E-state index is 9.46. The van der Waals surface area contributed by atoms with Crippen LogP contribution in [-0.2, 0) is 0 Å². The van der Waals surface area contributed by atoms with Crippen LogP contribution in [0.15, 0.2) is 437 Å². The standard InChI is InChI=1S/C118H72N10/c119-73-75-38-42-78(43-39-75)80-46-50-84(51-47-80)107-71-105(82-22-6-2-7-23-82)121-117(123-107)127-111-36-16-12-32-99(111)103-69-90(56-60-115(103)127)88-54-58-113-101(67-88)97-30-10-14-34-109(97)125(113)95-28-18-26-86(65-95)93-62-92(77-20-4-1-5-21-77)63-94(64-93)87-27-19-29-96(66-87)126-110-35-15-11-31-98(110)102-68-89(55-59-114(102)126)91-57-61-116-104(70-91)100-33-13-17-37-112(100)128(116)118-122-106(83-24-8-3-9-25-83)72-108(124-118)85-52-48-81(49-53-85)79-44-40-76(74-120)41-45-79/h1-72H. The summed E-state index contributed by atoms with van der Waals surface area (Å²) in [6.07, 6.45) is 0. The molecule has 0 saturated heterocycles. The van der Waals surface area contributed by atoms with Gasteiger partial charge in [0.1, 0.15) is 0 Å². The van der Waals surface area contributed by atoms with E-state index < -0.39 is 0 Å². The SMILES string of the molecule is N#Cc1ccc(-c2ccc(-c3cc(-c4ccccc4)nc(-n4c5ccccc5c5cc(-c6ccc7c(c6)c6ccccc6n7-c6cccc(-c7cc(-c8ccccc8)cc(-c8cccc(-n9c%10ccccc%10c%10cc(-c%11ccc%12c(c%11)c%11ccccc%11n%12-c%11nc(-c%12ccccc%12)cc(-c%12ccc(-c%13ccc(C#N)cc%13)cc%12)n%11)ccc%109)c8)c7)c6)ccc54)n3)cc2)cc1. The minimum absolute atomic E-state index is 0.586. The number of nitriles is 2. The van der Waals surface area contributed by atoms with Crippen molar-refractivity contribution in [3.63, 3.8) is 0 Å². The third-order valence-electron chi connectivity index (χ3n) is 25.3. The number of hydrogen-bond donors (Lipinski definition) is 0. The fourth-order valence-corrected chi connectivity index (χ4v) is 19.0. The number of fused-ring (bicyclic) bond motifs is 12. The molecule has 0 amide bonds. The molecule has 0 aliphatic heterocycles. The topological polar surface area (TPSA) is 119 Å². The molecular formula is C118H72N10. The first-order valence-electron chi connectivity index (χ1n) is 43.0. The van der Waals surface area contributed by atoms with Crippen molar-refractivity contribution in [1.29, 1.82) is 10.5 Å². The predicted molar refractivity (Wildman–Crippen MR) is 524 cm³/mol. The Morgan fingerprint density at radius 1 is 0.156 bits per heavy atom. The van der Waals surface area contributed by atoms with Gasteiger partial charge in [-0.1, -0.05) is 285 Å². The van der Waals surface area contributed by atoms with E-state index in [9.17, 15) is 10.5 Å². The van der Waals surface area contributed by atoms with Crippen molar-refractivity contribution in [3.05, 3.63) is 448 Å². The monoisotopic (exact) mass is 1630 g/mol. The second-order valence-corrected chi connectivity index (χ2v) is 32.7. The van der Waals surface area contributed by atoms with Crippen LogP contribution in [0.25, 0.3) is 233 Å². The van der Waals surface area contributed by atoms with E-state index >= 15 is 0 Å². The van der Waals surface area contributed by atoms with Crippen molar-refractivity contribution in [2.45, 2.75) is 0 Å². The Labute approximate surface area is 737 Å². The zero-order chi connectivity index (χ0) is 84.9. The van der Waals surface area contributed by atoms with Crippen LogP contribution in [0.2, 0.25) is 0 Å². The summed E-state index contributed by atoms with van der Waals surface area (Å²) in [5.41, 5.74) is 34.5. The summed E-state index contributed by atoms with van der Waals surface area (Å²) in [5.74, 6) is 1.17. The Morgan fingerprint density at radius 3 is 0.711 bits per heavy atom. The molecule has 24 aromatic rings. The van der Waals surface area contributed by atoms with E-state index in [-0.39, 0.29) is 0 Å². The van der Waals surface area contributed by atoms with Gasteiger partial charge in [-0.15, -0.1) is 0 Å². The fraction of sp³-hybridized carbons (Fsp3) is 0. The summed E-state index contributed by atoms with van der Waals surface area (Å²) in [4.78, 5) is 21.5. The molecule has 0 unspecified atom stereocenters. The van der Waals surface area contributed by atoms with Crippen molar-refractivity contribution >= 4 is 87.2 Å². The van der Waals surface area contributed by atoms with Crippen LogP contribution >= 0.6 is 0 Å². The lowest BCUT2D eigenvalue weighted by molar-refractivity contribution is 0.995. The molecule has 6 heterocycles. The number of para-hydroxylation sites is 4. The molecular weight excluding hydrogens is 1560 g/mol. The Balaban J connectivity index is 0.559. The van der Waals surface area contributed by atoms with E-state index in [0.29, 0.717) is 23.0 Å². The highest BCUT2D eigenvalue weighted by Crippen LogP contribution is 2.45. The number of rotatable bonds is 15. The Hall–Kier alpha value is -17.7. The highest BCUT2D eigenvalue weighted by Gasteiger charge is 2.24. The molecule has 594 valence electrons. The molecule has 0 aliphatic rings. The first-order valence-corrected chi connectivity index (χ1v) is 43.0. The predicted octanol–water partition coefficient (Wildman–Crippen LogP) is 29.7. The molecule has 0 spiro atoms. The zero-order valence-electron chi connectivity index (χ0n) is 69.0. The maximum atomic E-state index is 9.46. The number of aromatic nitrogens is 8. The van der Waals surface area contributed by atoms with Crippen LogP contribution in [0.4, 0.5) is 0 Å². The molecule has 6 aromatic heterocycles. The quantitative estimate of drug-likeness (QED) is 0.101. The minimum Gasteiger partial charge on any atom is -0.309 e. The minimum atomic E-state index is 0.586. The van der Waals surface area contributed by atoms with Crippen molar-refractivity contribution in [2.24, 2.45) is 0 Å². The van der Waals surface area contributed by atoms with E-state index in [1.54, 1.807) is 0 Å². The molecule has 128 heavy (non-hydrogen) atoms. The number of benzene rings is 18. The molecule has 0 aliphatic carbocycles. The number of nitrogens with zero attached hydrogens (tertiary/aromatic N) is 10. The molecule has 10 heteroatoms. The fourth-order valence-electron chi connectivity index (χ4n) is 19.0. The maximum Gasteiger partial charge on any atom is 0.235 e. The van der Waals surface area contributed by atoms with Crippen LogP contribution in [0.1, 0.15) is 11.1 Å². The van der Waals surface area contributed by atoms with Crippen molar-refractivity contribution in [1.82, 2.24) is 38.2 Å². The van der Waals surface area contributed by atoms with Gasteiger partial charge in [-0.05, 0) is 230 Å². The summed E-state index contributed by atoms with van der Waals surface area (Å²) in [6.45, 7) is 0. The molecule has 0 radical (unpaired) electrons. The van der Waals surface area contributed by atoms with Gasteiger partial charge in [-0.2, -0.15) is 10.5 Å². The molecule has 18 aromatic carbocycles. The van der Waals surface area contributed by atoms with E-state index in [0.717, 1.165) is 200 Å². The van der Waals surface area contributed by atoms with Gasteiger partial charge in [0.2, 0.25) is 11.9 Å². The largest absolute Gasteiger partial charge is 0.309 e. The van der Waals surface area contributed by atoms with Gasteiger partial charge >= 0.3 is 0 Å². The highest BCUT2D eigenvalue weighted by atomic mass is 15.2. The summed E-state index contributed by atoms with van der Waals surface area (Å²) in [6, 6.07) is 160. The number of hydrogen-bond acceptors (Lipinski definition) is 6. The van der Waals surface area contributed by atoms with Crippen LogP contribution in [0.5, 0.6) is 0 Å². The van der Waals surface area contributed by atoms with Crippen LogP contribution in [-0.4, -0.2) is 38.2 Å². The first-order chi connectivity index (χ1) is 63.3. The molecule has 10 nitrogen and oxygen atoms in total. The zero-order valence-corrected chi connectivity index (χ0v) is 69.0. The first kappa shape index (κ1) is 74.2. The highest BCUT2D eigenvalue weighted by molar-refractivity contribution is 6.15. The van der Waals surface area contributed by atoms with Crippen LogP contribution in [0, 0.1) is 22.7 Å². The molecule has 0 N–H and O–H groups in total.